The maximum atomic E-state index is 13.5. The number of ether oxygens (including phenoxy) is 1. The zero-order chi connectivity index (χ0) is 23.1. The number of hydrogen-bond acceptors (Lipinski definition) is 3. The molecule has 5 heteroatoms. The number of rotatable bonds is 9. The molecule has 1 amide bonds. The first kappa shape index (κ1) is 24.0. The molecule has 0 radical (unpaired) electrons. The van der Waals surface area contributed by atoms with Gasteiger partial charge < -0.3 is 9.16 Å². The molecule has 1 unspecified atom stereocenters. The summed E-state index contributed by atoms with van der Waals surface area (Å²) in [4.78, 5) is 15.3. The standard InChI is InChI=1S/C27H35NO3Si/c1-6-13-26(31-32(3,4)5)28(27(29)30-20-22-14-8-7-9-15-22)21(2)24-19-12-17-23-16-10-11-18-25(23)24/h7-12,14-19,21,26H,6,13,20H2,1-5H3/t21-,26?/m0/s1. The van der Waals surface area contributed by atoms with Crippen LogP contribution in [0.1, 0.15) is 43.9 Å². The fourth-order valence-electron chi connectivity index (χ4n) is 3.99. The molecule has 0 saturated carbocycles. The summed E-state index contributed by atoms with van der Waals surface area (Å²) in [5.41, 5.74) is 2.07. The summed E-state index contributed by atoms with van der Waals surface area (Å²) < 4.78 is 12.3. The Labute approximate surface area is 193 Å². The van der Waals surface area contributed by atoms with Crippen molar-refractivity contribution in [1.82, 2.24) is 4.90 Å². The Morgan fingerprint density at radius 2 is 1.59 bits per heavy atom. The van der Waals surface area contributed by atoms with Crippen LogP contribution in [0.2, 0.25) is 19.6 Å². The minimum absolute atomic E-state index is 0.197. The highest BCUT2D eigenvalue weighted by atomic mass is 28.4. The van der Waals surface area contributed by atoms with Crippen LogP contribution in [0, 0.1) is 0 Å². The van der Waals surface area contributed by atoms with Crippen molar-refractivity contribution in [2.45, 2.75) is 65.2 Å². The maximum absolute atomic E-state index is 13.5. The van der Waals surface area contributed by atoms with Gasteiger partial charge in [0.15, 0.2) is 8.32 Å². The molecule has 3 aromatic rings. The van der Waals surface area contributed by atoms with E-state index in [1.54, 1.807) is 0 Å². The lowest BCUT2D eigenvalue weighted by Crippen LogP contribution is -2.48. The van der Waals surface area contributed by atoms with Gasteiger partial charge in [-0.25, -0.2) is 4.79 Å². The van der Waals surface area contributed by atoms with E-state index in [0.29, 0.717) is 0 Å². The van der Waals surface area contributed by atoms with Crippen LogP contribution in [0.3, 0.4) is 0 Å². The number of carbonyl (C=O) groups excluding carboxylic acids is 1. The second-order valence-electron chi connectivity index (χ2n) is 9.17. The van der Waals surface area contributed by atoms with Crippen LogP contribution in [-0.2, 0) is 15.8 Å². The minimum atomic E-state index is -1.90. The average Bonchev–Trinajstić information content (AvgIpc) is 2.77. The van der Waals surface area contributed by atoms with Crippen LogP contribution in [0.15, 0.2) is 72.8 Å². The molecule has 0 aliphatic rings. The van der Waals surface area contributed by atoms with Crippen molar-refractivity contribution < 1.29 is 14.0 Å². The first-order chi connectivity index (χ1) is 15.3. The van der Waals surface area contributed by atoms with Crippen LogP contribution in [0.5, 0.6) is 0 Å². The lowest BCUT2D eigenvalue weighted by atomic mass is 9.98. The van der Waals surface area contributed by atoms with Gasteiger partial charge >= 0.3 is 6.09 Å². The molecule has 0 spiro atoms. The van der Waals surface area contributed by atoms with E-state index in [2.05, 4.69) is 63.8 Å². The monoisotopic (exact) mass is 449 g/mol. The van der Waals surface area contributed by atoms with Gasteiger partial charge in [-0.2, -0.15) is 0 Å². The molecule has 0 aliphatic carbocycles. The normalized spacial score (nSPS) is 13.5. The van der Waals surface area contributed by atoms with Gasteiger partial charge in [-0.1, -0.05) is 86.1 Å². The topological polar surface area (TPSA) is 38.8 Å². The van der Waals surface area contributed by atoms with Gasteiger partial charge in [-0.15, -0.1) is 0 Å². The van der Waals surface area contributed by atoms with Gasteiger partial charge in [0.2, 0.25) is 0 Å². The Morgan fingerprint density at radius 1 is 0.938 bits per heavy atom. The smallest absolute Gasteiger partial charge is 0.412 e. The van der Waals surface area contributed by atoms with E-state index in [-0.39, 0.29) is 25.0 Å². The van der Waals surface area contributed by atoms with Gasteiger partial charge in [0.05, 0.1) is 6.04 Å². The highest BCUT2D eigenvalue weighted by molar-refractivity contribution is 6.69. The molecule has 0 bridgehead atoms. The molecule has 3 rings (SSSR count). The Hall–Kier alpha value is -2.63. The van der Waals surface area contributed by atoms with Gasteiger partial charge in [-0.3, -0.25) is 4.90 Å². The molecular formula is C27H35NO3Si. The third-order valence-corrected chi connectivity index (χ3v) is 6.42. The van der Waals surface area contributed by atoms with E-state index in [4.69, 9.17) is 9.16 Å². The lowest BCUT2D eigenvalue weighted by Gasteiger charge is -2.39. The molecule has 0 fully saturated rings. The zero-order valence-electron chi connectivity index (χ0n) is 19.9. The number of hydrogen-bond donors (Lipinski definition) is 0. The van der Waals surface area contributed by atoms with Gasteiger partial charge in [0, 0.05) is 0 Å². The summed E-state index contributed by atoms with van der Waals surface area (Å²) in [6, 6.07) is 24.1. The molecule has 170 valence electrons. The summed E-state index contributed by atoms with van der Waals surface area (Å²) in [6.07, 6.45) is 1.01. The van der Waals surface area contributed by atoms with Crippen LogP contribution in [0.25, 0.3) is 10.8 Å². The number of amides is 1. The van der Waals surface area contributed by atoms with Gasteiger partial charge in [-0.05, 0) is 54.9 Å². The van der Waals surface area contributed by atoms with Crippen molar-refractivity contribution in [1.29, 1.82) is 0 Å². The van der Waals surface area contributed by atoms with Crippen LogP contribution < -0.4 is 0 Å². The Bertz CT molecular complexity index is 1010. The predicted octanol–water partition coefficient (Wildman–Crippen LogP) is 7.52. The van der Waals surface area contributed by atoms with Crippen molar-refractivity contribution in [3.05, 3.63) is 83.9 Å². The van der Waals surface area contributed by atoms with Crippen LogP contribution in [-0.4, -0.2) is 25.5 Å². The van der Waals surface area contributed by atoms with Crippen molar-refractivity contribution in [3.63, 3.8) is 0 Å². The summed E-state index contributed by atoms with van der Waals surface area (Å²) in [7, 11) is -1.90. The lowest BCUT2D eigenvalue weighted by molar-refractivity contribution is -0.0160. The number of nitrogens with zero attached hydrogens (tertiary/aromatic N) is 1. The van der Waals surface area contributed by atoms with E-state index in [9.17, 15) is 4.79 Å². The fourth-order valence-corrected chi connectivity index (χ4v) is 5.04. The molecule has 0 aliphatic heterocycles. The second kappa shape index (κ2) is 10.8. The van der Waals surface area contributed by atoms with Crippen molar-refractivity contribution >= 4 is 25.2 Å². The quantitative estimate of drug-likeness (QED) is 0.250. The Kier molecular flexibility index (Phi) is 8.10. The maximum Gasteiger partial charge on any atom is 0.412 e. The van der Waals surface area contributed by atoms with E-state index >= 15 is 0 Å². The molecular weight excluding hydrogens is 414 g/mol. The number of fused-ring (bicyclic) bond motifs is 1. The molecule has 0 heterocycles. The van der Waals surface area contributed by atoms with Crippen molar-refractivity contribution in [2.75, 3.05) is 0 Å². The van der Waals surface area contributed by atoms with E-state index in [1.165, 1.54) is 0 Å². The largest absolute Gasteiger partial charge is 0.444 e. The molecule has 2 atom stereocenters. The number of benzene rings is 3. The summed E-state index contributed by atoms with van der Waals surface area (Å²) in [5.74, 6) is 0. The first-order valence-electron chi connectivity index (χ1n) is 11.4. The minimum Gasteiger partial charge on any atom is -0.444 e. The fraction of sp³-hybridized carbons (Fsp3) is 0.370. The highest BCUT2D eigenvalue weighted by Crippen LogP contribution is 2.32. The Morgan fingerprint density at radius 3 is 2.28 bits per heavy atom. The number of carbonyl (C=O) groups is 1. The molecule has 0 saturated heterocycles. The first-order valence-corrected chi connectivity index (χ1v) is 14.9. The highest BCUT2D eigenvalue weighted by Gasteiger charge is 2.34. The van der Waals surface area contributed by atoms with E-state index in [0.717, 1.165) is 34.7 Å². The summed E-state index contributed by atoms with van der Waals surface area (Å²) in [5, 5.41) is 2.30. The molecule has 32 heavy (non-hydrogen) atoms. The van der Waals surface area contributed by atoms with Gasteiger partial charge in [0.1, 0.15) is 12.8 Å². The average molecular weight is 450 g/mol. The van der Waals surface area contributed by atoms with Crippen LogP contribution in [0.4, 0.5) is 4.79 Å². The summed E-state index contributed by atoms with van der Waals surface area (Å²) >= 11 is 0. The second-order valence-corrected chi connectivity index (χ2v) is 13.6. The van der Waals surface area contributed by atoms with Crippen LogP contribution >= 0.6 is 0 Å². The SMILES string of the molecule is CCCC(O[Si](C)(C)C)N(C(=O)OCc1ccccc1)[C@@H](C)c1cccc2ccccc12. The molecule has 3 aromatic carbocycles. The third-order valence-electron chi connectivity index (χ3n) is 5.44. The zero-order valence-corrected chi connectivity index (χ0v) is 20.9. The molecule has 0 aromatic heterocycles. The summed E-state index contributed by atoms with van der Waals surface area (Å²) in [6.45, 7) is 10.9. The van der Waals surface area contributed by atoms with Crippen molar-refractivity contribution in [3.8, 4) is 0 Å². The van der Waals surface area contributed by atoms with E-state index < -0.39 is 8.32 Å². The predicted molar refractivity (Wildman–Crippen MR) is 134 cm³/mol. The molecule has 0 N–H and O–H groups in total. The Balaban J connectivity index is 1.96. The third kappa shape index (κ3) is 6.21. The van der Waals surface area contributed by atoms with Gasteiger partial charge in [0.25, 0.3) is 0 Å². The molecule has 4 nitrogen and oxygen atoms in total. The van der Waals surface area contributed by atoms with Crippen molar-refractivity contribution in [2.24, 2.45) is 0 Å². The van der Waals surface area contributed by atoms with E-state index in [1.807, 2.05) is 47.4 Å².